The molecular formula is C31H37N3O5. The second kappa shape index (κ2) is 15.3. The molecule has 3 aromatic rings. The minimum Gasteiger partial charge on any atom is -0.445 e. The van der Waals surface area contributed by atoms with E-state index < -0.39 is 36.1 Å². The molecule has 0 aliphatic rings. The highest BCUT2D eigenvalue weighted by molar-refractivity contribution is 5.87. The Balaban J connectivity index is 1.69. The van der Waals surface area contributed by atoms with Gasteiger partial charge in [0.2, 0.25) is 5.91 Å². The molecule has 3 aromatic carbocycles. The number of carbonyl (C=O) groups excluding carboxylic acids is 3. The van der Waals surface area contributed by atoms with E-state index in [9.17, 15) is 19.5 Å². The van der Waals surface area contributed by atoms with Crippen molar-refractivity contribution in [3.63, 3.8) is 0 Å². The standard InChI is InChI=1S/C31H37N3O5/c1-3-22(2)27(34-31(38)39-21-25-17-11-6-12-18-25)29(36)33-26(19-23-13-7-4-8-14-23)28(35)30(37)32-20-24-15-9-5-10-16-24/h4-18,22,26-28,35H,3,19-21H2,1-2H3,(H,32,37)(H,33,36)(H,34,38)/t22-,26-,27-,28+/m0/s1. The average molecular weight is 532 g/mol. The van der Waals surface area contributed by atoms with Crippen molar-refractivity contribution in [2.24, 2.45) is 5.92 Å². The number of benzene rings is 3. The van der Waals surface area contributed by atoms with Gasteiger partial charge in [0.05, 0.1) is 6.04 Å². The molecular weight excluding hydrogens is 494 g/mol. The van der Waals surface area contributed by atoms with Gasteiger partial charge in [-0.2, -0.15) is 0 Å². The summed E-state index contributed by atoms with van der Waals surface area (Å²) in [5, 5.41) is 19.2. The van der Waals surface area contributed by atoms with Crippen molar-refractivity contribution in [3.05, 3.63) is 108 Å². The van der Waals surface area contributed by atoms with Crippen LogP contribution in [0.25, 0.3) is 0 Å². The van der Waals surface area contributed by atoms with Gasteiger partial charge in [0, 0.05) is 6.54 Å². The van der Waals surface area contributed by atoms with Gasteiger partial charge >= 0.3 is 6.09 Å². The van der Waals surface area contributed by atoms with Crippen LogP contribution in [0.3, 0.4) is 0 Å². The summed E-state index contributed by atoms with van der Waals surface area (Å²) in [7, 11) is 0. The number of alkyl carbamates (subject to hydrolysis) is 1. The Labute approximate surface area is 229 Å². The first-order valence-electron chi connectivity index (χ1n) is 13.2. The second-order valence-corrected chi connectivity index (χ2v) is 9.52. The van der Waals surface area contributed by atoms with Crippen LogP contribution in [0.1, 0.15) is 37.0 Å². The zero-order valence-corrected chi connectivity index (χ0v) is 22.4. The van der Waals surface area contributed by atoms with Crippen LogP contribution >= 0.6 is 0 Å². The van der Waals surface area contributed by atoms with E-state index in [1.54, 1.807) is 0 Å². The number of rotatable bonds is 13. The quantitative estimate of drug-likeness (QED) is 0.268. The largest absolute Gasteiger partial charge is 0.445 e. The summed E-state index contributed by atoms with van der Waals surface area (Å²) < 4.78 is 5.32. The number of hydrogen-bond donors (Lipinski definition) is 4. The van der Waals surface area contributed by atoms with E-state index in [0.29, 0.717) is 6.42 Å². The summed E-state index contributed by atoms with van der Waals surface area (Å²) in [5.41, 5.74) is 2.55. The zero-order valence-electron chi connectivity index (χ0n) is 22.4. The van der Waals surface area contributed by atoms with Crippen LogP contribution in [-0.2, 0) is 33.9 Å². The number of aliphatic hydroxyl groups excluding tert-OH is 1. The van der Waals surface area contributed by atoms with Crippen LogP contribution in [0.4, 0.5) is 4.79 Å². The minimum atomic E-state index is -1.51. The lowest BCUT2D eigenvalue weighted by molar-refractivity contribution is -0.133. The fourth-order valence-corrected chi connectivity index (χ4v) is 4.05. The topological polar surface area (TPSA) is 117 Å². The molecule has 0 unspecified atom stereocenters. The molecule has 0 aliphatic carbocycles. The fourth-order valence-electron chi connectivity index (χ4n) is 4.05. The van der Waals surface area contributed by atoms with Gasteiger partial charge in [0.25, 0.3) is 5.91 Å². The fraction of sp³-hybridized carbons (Fsp3) is 0.323. The molecule has 3 amide bonds. The van der Waals surface area contributed by atoms with Gasteiger partial charge in [-0.05, 0) is 29.0 Å². The highest BCUT2D eigenvalue weighted by atomic mass is 16.5. The second-order valence-electron chi connectivity index (χ2n) is 9.52. The summed E-state index contributed by atoms with van der Waals surface area (Å²) in [6, 6.07) is 26.0. The number of aliphatic hydroxyl groups is 1. The Morgan fingerprint density at radius 2 is 1.31 bits per heavy atom. The molecule has 0 aromatic heterocycles. The summed E-state index contributed by atoms with van der Waals surface area (Å²) in [6.07, 6.45) is -1.40. The molecule has 206 valence electrons. The zero-order chi connectivity index (χ0) is 28.0. The SMILES string of the molecule is CC[C@H](C)[C@H](NC(=O)OCc1ccccc1)C(=O)N[C@@H](Cc1ccccc1)[C@@H](O)C(=O)NCc1ccccc1. The van der Waals surface area contributed by atoms with Gasteiger partial charge in [0.15, 0.2) is 6.10 Å². The van der Waals surface area contributed by atoms with Crippen LogP contribution < -0.4 is 16.0 Å². The molecule has 4 atom stereocenters. The lowest BCUT2D eigenvalue weighted by Crippen LogP contribution is -2.57. The van der Waals surface area contributed by atoms with E-state index in [4.69, 9.17) is 4.74 Å². The summed E-state index contributed by atoms with van der Waals surface area (Å²) in [5.74, 6) is -1.33. The molecule has 8 heteroatoms. The third-order valence-electron chi connectivity index (χ3n) is 6.57. The summed E-state index contributed by atoms with van der Waals surface area (Å²) >= 11 is 0. The van der Waals surface area contributed by atoms with Crippen LogP contribution in [-0.4, -0.2) is 41.2 Å². The molecule has 8 nitrogen and oxygen atoms in total. The van der Waals surface area contributed by atoms with E-state index in [1.807, 2.05) is 105 Å². The van der Waals surface area contributed by atoms with Crippen molar-refractivity contribution in [3.8, 4) is 0 Å². The Hall–Kier alpha value is -4.17. The molecule has 0 radical (unpaired) electrons. The van der Waals surface area contributed by atoms with Crippen LogP contribution in [0, 0.1) is 5.92 Å². The normalized spacial score (nSPS) is 13.8. The van der Waals surface area contributed by atoms with Crippen molar-refractivity contribution in [1.82, 2.24) is 16.0 Å². The number of hydrogen-bond acceptors (Lipinski definition) is 5. The van der Waals surface area contributed by atoms with Crippen LogP contribution in [0.15, 0.2) is 91.0 Å². The van der Waals surface area contributed by atoms with E-state index in [2.05, 4.69) is 16.0 Å². The van der Waals surface area contributed by atoms with Gasteiger partial charge in [0.1, 0.15) is 12.6 Å². The van der Waals surface area contributed by atoms with E-state index >= 15 is 0 Å². The maximum Gasteiger partial charge on any atom is 0.408 e. The third kappa shape index (κ3) is 9.57. The first-order chi connectivity index (χ1) is 18.9. The van der Waals surface area contributed by atoms with Crippen molar-refractivity contribution in [2.75, 3.05) is 0 Å². The van der Waals surface area contributed by atoms with E-state index in [-0.39, 0.29) is 25.5 Å². The molecule has 39 heavy (non-hydrogen) atoms. The number of amides is 3. The Kier molecular flexibility index (Phi) is 11.5. The highest BCUT2D eigenvalue weighted by Crippen LogP contribution is 2.12. The Morgan fingerprint density at radius 3 is 1.87 bits per heavy atom. The van der Waals surface area contributed by atoms with Crippen molar-refractivity contribution in [2.45, 2.75) is 58.0 Å². The maximum absolute atomic E-state index is 13.4. The first-order valence-corrected chi connectivity index (χ1v) is 13.2. The molecule has 0 saturated heterocycles. The van der Waals surface area contributed by atoms with Crippen molar-refractivity contribution in [1.29, 1.82) is 0 Å². The van der Waals surface area contributed by atoms with Gasteiger partial charge in [-0.15, -0.1) is 0 Å². The minimum absolute atomic E-state index is 0.0679. The molecule has 3 rings (SSSR count). The third-order valence-corrected chi connectivity index (χ3v) is 6.57. The van der Waals surface area contributed by atoms with Gasteiger partial charge < -0.3 is 25.8 Å². The summed E-state index contributed by atoms with van der Waals surface area (Å²) in [4.78, 5) is 38.9. The number of ether oxygens (including phenoxy) is 1. The lowest BCUT2D eigenvalue weighted by atomic mass is 9.96. The summed E-state index contributed by atoms with van der Waals surface area (Å²) in [6.45, 7) is 4.07. The van der Waals surface area contributed by atoms with Crippen LogP contribution in [0.5, 0.6) is 0 Å². The first kappa shape index (κ1) is 29.4. The molecule has 0 spiro atoms. The molecule has 0 fully saturated rings. The number of nitrogens with one attached hydrogen (secondary N) is 3. The van der Waals surface area contributed by atoms with Crippen molar-refractivity contribution < 1.29 is 24.2 Å². The average Bonchev–Trinajstić information content (AvgIpc) is 2.98. The number of carbonyl (C=O) groups is 3. The maximum atomic E-state index is 13.4. The highest BCUT2D eigenvalue weighted by Gasteiger charge is 2.33. The predicted molar refractivity (Wildman–Crippen MR) is 149 cm³/mol. The van der Waals surface area contributed by atoms with Crippen molar-refractivity contribution >= 4 is 17.9 Å². The molecule has 4 N–H and O–H groups in total. The molecule has 0 saturated carbocycles. The Bertz CT molecular complexity index is 1170. The predicted octanol–water partition coefficient (Wildman–Crippen LogP) is 3.73. The smallest absolute Gasteiger partial charge is 0.408 e. The van der Waals surface area contributed by atoms with E-state index in [1.165, 1.54) is 0 Å². The van der Waals surface area contributed by atoms with E-state index in [0.717, 1.165) is 16.7 Å². The Morgan fingerprint density at radius 1 is 0.769 bits per heavy atom. The molecule has 0 aliphatic heterocycles. The van der Waals surface area contributed by atoms with Gasteiger partial charge in [-0.1, -0.05) is 111 Å². The monoisotopic (exact) mass is 531 g/mol. The van der Waals surface area contributed by atoms with Gasteiger partial charge in [-0.25, -0.2) is 4.79 Å². The van der Waals surface area contributed by atoms with Gasteiger partial charge in [-0.3, -0.25) is 9.59 Å². The molecule has 0 bridgehead atoms. The molecule has 0 heterocycles. The lowest BCUT2D eigenvalue weighted by Gasteiger charge is -2.28. The van der Waals surface area contributed by atoms with Crippen LogP contribution in [0.2, 0.25) is 0 Å².